The molecule has 12 heavy (non-hydrogen) atoms. The van der Waals surface area contributed by atoms with Gasteiger partial charge in [0, 0.05) is 6.07 Å². The second-order valence-corrected chi connectivity index (χ2v) is 2.61. The van der Waals surface area contributed by atoms with E-state index < -0.39 is 5.97 Å². The van der Waals surface area contributed by atoms with Crippen molar-refractivity contribution in [2.45, 2.75) is 0 Å². The van der Waals surface area contributed by atoms with Gasteiger partial charge in [-0.25, -0.2) is 14.8 Å². The van der Waals surface area contributed by atoms with Crippen LogP contribution in [0.5, 0.6) is 0 Å². The summed E-state index contributed by atoms with van der Waals surface area (Å²) in [5.74, 6) is -0.531. The van der Waals surface area contributed by atoms with Crippen molar-refractivity contribution in [1.82, 2.24) is 9.97 Å². The molecular formula is C6H4BrClN2O2. The molecule has 0 amide bonds. The monoisotopic (exact) mass is 250 g/mol. The van der Waals surface area contributed by atoms with Crippen LogP contribution in [0, 0.1) is 0 Å². The van der Waals surface area contributed by atoms with Crippen molar-refractivity contribution in [2.24, 2.45) is 0 Å². The van der Waals surface area contributed by atoms with Gasteiger partial charge >= 0.3 is 5.97 Å². The zero-order valence-corrected chi connectivity index (χ0v) is 8.17. The molecule has 0 bridgehead atoms. The first-order chi connectivity index (χ1) is 5.74. The number of hydrogen-bond acceptors (Lipinski definition) is 4. The number of nitrogens with zero attached hydrogens (tertiary/aromatic N) is 2. The van der Waals surface area contributed by atoms with Crippen LogP contribution in [0.4, 0.5) is 0 Å². The van der Waals surface area contributed by atoms with Gasteiger partial charge in [0.2, 0.25) is 0 Å². The second-order valence-electron chi connectivity index (χ2n) is 1.77. The number of rotatable bonds is 2. The number of carbonyl (C=O) groups is 1. The van der Waals surface area contributed by atoms with Gasteiger partial charge in [0.05, 0.1) is 0 Å². The molecule has 0 fully saturated rings. The average Bonchev–Trinajstić information content (AvgIpc) is 2.05. The summed E-state index contributed by atoms with van der Waals surface area (Å²) in [6, 6.07) is 1.34. The Labute approximate surface area is 82.0 Å². The summed E-state index contributed by atoms with van der Waals surface area (Å²) in [7, 11) is 0. The third-order valence-corrected chi connectivity index (χ3v) is 1.46. The van der Waals surface area contributed by atoms with Gasteiger partial charge in [-0.15, -0.1) is 0 Å². The third kappa shape index (κ3) is 2.42. The van der Waals surface area contributed by atoms with Gasteiger partial charge in [-0.3, -0.25) is 0 Å². The number of halogens is 2. The topological polar surface area (TPSA) is 52.1 Å². The standard InChI is InChI=1S/C6H4BrClN2O2/c7-2-12-6(11)4-1-5(8)10-3-9-4/h1,3H,2H2. The molecule has 0 saturated heterocycles. The van der Waals surface area contributed by atoms with Crippen molar-refractivity contribution in [3.63, 3.8) is 0 Å². The maximum Gasteiger partial charge on any atom is 0.357 e. The molecule has 0 radical (unpaired) electrons. The predicted molar refractivity (Wildman–Crippen MR) is 46.3 cm³/mol. The smallest absolute Gasteiger partial charge is 0.357 e. The molecule has 0 aromatic carbocycles. The highest BCUT2D eigenvalue weighted by molar-refractivity contribution is 9.09. The molecule has 1 rings (SSSR count). The Morgan fingerprint density at radius 2 is 2.42 bits per heavy atom. The zero-order valence-electron chi connectivity index (χ0n) is 5.83. The van der Waals surface area contributed by atoms with Crippen molar-refractivity contribution < 1.29 is 9.53 Å². The minimum atomic E-state index is -0.531. The van der Waals surface area contributed by atoms with Gasteiger partial charge in [0.1, 0.15) is 17.0 Å². The Morgan fingerprint density at radius 3 is 3.00 bits per heavy atom. The molecule has 0 unspecified atom stereocenters. The third-order valence-electron chi connectivity index (χ3n) is 1.03. The molecule has 1 aromatic heterocycles. The second kappa shape index (κ2) is 4.37. The maximum atomic E-state index is 11.0. The fraction of sp³-hybridized carbons (Fsp3) is 0.167. The Balaban J connectivity index is 2.81. The summed E-state index contributed by atoms with van der Waals surface area (Å²) < 4.78 is 4.61. The van der Waals surface area contributed by atoms with E-state index in [2.05, 4.69) is 30.6 Å². The van der Waals surface area contributed by atoms with Gasteiger partial charge in [-0.05, 0) is 15.9 Å². The lowest BCUT2D eigenvalue weighted by Crippen LogP contribution is -2.06. The van der Waals surface area contributed by atoms with Crippen LogP contribution < -0.4 is 0 Å². The average molecular weight is 251 g/mol. The zero-order chi connectivity index (χ0) is 8.97. The van der Waals surface area contributed by atoms with E-state index in [1.54, 1.807) is 0 Å². The van der Waals surface area contributed by atoms with Crippen LogP contribution in [-0.2, 0) is 4.74 Å². The maximum absolute atomic E-state index is 11.0. The summed E-state index contributed by atoms with van der Waals surface area (Å²) in [6.45, 7) is 0. The lowest BCUT2D eigenvalue weighted by molar-refractivity contribution is 0.0577. The van der Waals surface area contributed by atoms with Crippen LogP contribution in [0.25, 0.3) is 0 Å². The summed E-state index contributed by atoms with van der Waals surface area (Å²) in [6.07, 6.45) is 1.20. The van der Waals surface area contributed by atoms with E-state index >= 15 is 0 Å². The molecule has 0 aliphatic rings. The van der Waals surface area contributed by atoms with Crippen molar-refractivity contribution >= 4 is 33.5 Å². The van der Waals surface area contributed by atoms with E-state index in [9.17, 15) is 4.79 Å². The fourth-order valence-corrected chi connectivity index (χ4v) is 0.924. The molecule has 0 aliphatic heterocycles. The number of carbonyl (C=O) groups excluding carboxylic acids is 1. The predicted octanol–water partition coefficient (Wildman–Crippen LogP) is 1.64. The lowest BCUT2D eigenvalue weighted by atomic mass is 10.4. The number of alkyl halides is 1. The molecular weight excluding hydrogens is 247 g/mol. The van der Waals surface area contributed by atoms with E-state index in [0.29, 0.717) is 0 Å². The van der Waals surface area contributed by atoms with Crippen molar-refractivity contribution in [3.8, 4) is 0 Å². The first-order valence-corrected chi connectivity index (χ1v) is 4.44. The van der Waals surface area contributed by atoms with Gasteiger partial charge in [-0.1, -0.05) is 11.6 Å². The lowest BCUT2D eigenvalue weighted by Gasteiger charge is -1.98. The van der Waals surface area contributed by atoms with E-state index in [1.807, 2.05) is 0 Å². The quantitative estimate of drug-likeness (QED) is 0.455. The number of hydrogen-bond donors (Lipinski definition) is 0. The van der Waals surface area contributed by atoms with Crippen LogP contribution in [0.15, 0.2) is 12.4 Å². The van der Waals surface area contributed by atoms with E-state index in [1.165, 1.54) is 12.4 Å². The minimum absolute atomic E-state index is 0.132. The van der Waals surface area contributed by atoms with Gasteiger partial charge < -0.3 is 4.74 Å². The summed E-state index contributed by atoms with van der Waals surface area (Å²) in [5.41, 5.74) is 0.280. The minimum Gasteiger partial charge on any atom is -0.449 e. The summed E-state index contributed by atoms with van der Waals surface area (Å²) >= 11 is 8.46. The molecule has 0 N–H and O–H groups in total. The van der Waals surface area contributed by atoms with Crippen molar-refractivity contribution in [3.05, 3.63) is 23.2 Å². The first-order valence-electron chi connectivity index (χ1n) is 2.94. The van der Waals surface area contributed by atoms with Crippen LogP contribution >= 0.6 is 27.5 Å². The van der Waals surface area contributed by atoms with Crippen LogP contribution in [-0.4, -0.2) is 21.5 Å². The van der Waals surface area contributed by atoms with E-state index in [0.717, 1.165) is 0 Å². The largest absolute Gasteiger partial charge is 0.449 e. The molecule has 0 spiro atoms. The summed E-state index contributed by atoms with van der Waals surface area (Å²) in [4.78, 5) is 18.3. The normalized spacial score (nSPS) is 9.50. The molecule has 1 heterocycles. The van der Waals surface area contributed by atoms with Crippen molar-refractivity contribution in [1.29, 1.82) is 0 Å². The Kier molecular flexibility index (Phi) is 3.43. The molecule has 6 heteroatoms. The highest BCUT2D eigenvalue weighted by Gasteiger charge is 2.08. The summed E-state index contributed by atoms with van der Waals surface area (Å²) in [5, 5.41) is 0.214. The molecule has 4 nitrogen and oxygen atoms in total. The number of esters is 1. The van der Waals surface area contributed by atoms with Crippen LogP contribution in [0.2, 0.25) is 5.15 Å². The van der Waals surface area contributed by atoms with E-state index in [4.69, 9.17) is 11.6 Å². The van der Waals surface area contributed by atoms with Gasteiger partial charge in [0.15, 0.2) is 5.69 Å². The van der Waals surface area contributed by atoms with Gasteiger partial charge in [0.25, 0.3) is 0 Å². The van der Waals surface area contributed by atoms with Crippen LogP contribution in [0.3, 0.4) is 0 Å². The fourth-order valence-electron chi connectivity index (χ4n) is 0.569. The molecule has 0 aliphatic carbocycles. The Hall–Kier alpha value is -0.680. The molecule has 0 atom stereocenters. The highest BCUT2D eigenvalue weighted by atomic mass is 79.9. The molecule has 64 valence electrons. The Morgan fingerprint density at radius 1 is 1.67 bits per heavy atom. The number of aromatic nitrogens is 2. The molecule has 0 saturated carbocycles. The SMILES string of the molecule is O=C(OCBr)c1cc(Cl)ncn1. The first kappa shape index (κ1) is 9.41. The van der Waals surface area contributed by atoms with Crippen molar-refractivity contribution in [2.75, 3.05) is 5.52 Å². The van der Waals surface area contributed by atoms with Gasteiger partial charge in [-0.2, -0.15) is 0 Å². The van der Waals surface area contributed by atoms with E-state index in [-0.39, 0.29) is 16.4 Å². The highest BCUT2D eigenvalue weighted by Crippen LogP contribution is 2.05. The Bertz CT molecular complexity index is 295. The van der Waals surface area contributed by atoms with Crippen LogP contribution in [0.1, 0.15) is 10.5 Å². The number of ether oxygens (including phenoxy) is 1. The molecule has 1 aromatic rings.